The van der Waals surface area contributed by atoms with Gasteiger partial charge in [-0.3, -0.25) is 4.98 Å². The number of nitrogens with zero attached hydrogens (tertiary/aromatic N) is 2. The molecule has 0 bridgehead atoms. The number of aryl methyl sites for hydroxylation is 1. The van der Waals surface area contributed by atoms with Crippen molar-refractivity contribution in [2.45, 2.75) is 31.2 Å². The summed E-state index contributed by atoms with van der Waals surface area (Å²) in [7, 11) is 0. The lowest BCUT2D eigenvalue weighted by Crippen LogP contribution is -2.30. The van der Waals surface area contributed by atoms with Crippen molar-refractivity contribution in [1.82, 2.24) is 9.97 Å². The molecule has 0 spiro atoms. The van der Waals surface area contributed by atoms with Crippen LogP contribution in [0.3, 0.4) is 0 Å². The van der Waals surface area contributed by atoms with Crippen molar-refractivity contribution in [2.24, 2.45) is 5.73 Å². The Bertz CT molecular complexity index is 477. The van der Waals surface area contributed by atoms with Gasteiger partial charge >= 0.3 is 0 Å². The van der Waals surface area contributed by atoms with E-state index in [-0.39, 0.29) is 6.04 Å². The molecule has 6 heteroatoms. The van der Waals surface area contributed by atoms with Crippen LogP contribution < -0.4 is 10.5 Å². The van der Waals surface area contributed by atoms with Crippen LogP contribution in [0.5, 0.6) is 5.75 Å². The van der Waals surface area contributed by atoms with Crippen LogP contribution in [-0.2, 0) is 0 Å². The van der Waals surface area contributed by atoms with Gasteiger partial charge in [0.1, 0.15) is 16.7 Å². The minimum atomic E-state index is -0.0144. The zero-order valence-electron chi connectivity index (χ0n) is 12.1. The number of nitrogens with two attached hydrogens (primary N) is 1. The lowest BCUT2D eigenvalue weighted by atomic mass is 10.3. The molecule has 1 unspecified atom stereocenters. The Morgan fingerprint density at radius 3 is 2.85 bits per heavy atom. The maximum Gasteiger partial charge on any atom is 0.149 e. The summed E-state index contributed by atoms with van der Waals surface area (Å²) in [5, 5.41) is 1.96. The van der Waals surface area contributed by atoms with E-state index in [0.29, 0.717) is 6.61 Å². The number of thioether (sulfide) groups is 1. The van der Waals surface area contributed by atoms with E-state index >= 15 is 0 Å². The van der Waals surface area contributed by atoms with Gasteiger partial charge in [0, 0.05) is 29.6 Å². The van der Waals surface area contributed by atoms with Gasteiger partial charge in [-0.05, 0) is 18.6 Å². The van der Waals surface area contributed by atoms with Crippen molar-refractivity contribution in [3.63, 3.8) is 0 Å². The molecule has 0 fully saturated rings. The molecular weight excluding hydrogens is 290 g/mol. The van der Waals surface area contributed by atoms with Crippen LogP contribution in [0.1, 0.15) is 19.4 Å². The summed E-state index contributed by atoms with van der Waals surface area (Å²) in [6.45, 7) is 6.47. The van der Waals surface area contributed by atoms with Gasteiger partial charge < -0.3 is 10.5 Å². The molecule has 2 heterocycles. The molecule has 0 amide bonds. The van der Waals surface area contributed by atoms with E-state index in [0.717, 1.165) is 21.4 Å². The number of rotatable bonds is 6. The Hall–Kier alpha value is -1.11. The average Bonchev–Trinajstić information content (AvgIpc) is 2.98. The average molecular weight is 311 g/mol. The number of hydrogen-bond acceptors (Lipinski definition) is 6. The second-order valence-electron chi connectivity index (χ2n) is 3.88. The van der Waals surface area contributed by atoms with Crippen LogP contribution >= 0.6 is 23.1 Å². The fourth-order valence-corrected chi connectivity index (χ4v) is 2.91. The zero-order valence-corrected chi connectivity index (χ0v) is 13.7. The van der Waals surface area contributed by atoms with Gasteiger partial charge in [0.2, 0.25) is 0 Å². The second kappa shape index (κ2) is 9.74. The summed E-state index contributed by atoms with van der Waals surface area (Å²) in [6, 6.07) is 1.94. The molecular formula is C14H21N3OS2. The van der Waals surface area contributed by atoms with Crippen molar-refractivity contribution >= 4 is 23.1 Å². The van der Waals surface area contributed by atoms with Crippen LogP contribution in [0.2, 0.25) is 0 Å². The molecule has 0 aliphatic carbocycles. The largest absolute Gasteiger partial charge is 0.490 e. The molecule has 2 N–H and O–H groups in total. The zero-order chi connectivity index (χ0) is 14.8. The third-order valence-corrected chi connectivity index (χ3v) is 4.30. The molecule has 20 heavy (non-hydrogen) atoms. The minimum absolute atomic E-state index is 0.0144. The second-order valence-corrected chi connectivity index (χ2v) is 6.04. The maximum absolute atomic E-state index is 5.99. The van der Waals surface area contributed by atoms with Gasteiger partial charge in [0.15, 0.2) is 0 Å². The van der Waals surface area contributed by atoms with E-state index < -0.39 is 0 Å². The van der Waals surface area contributed by atoms with Crippen molar-refractivity contribution < 1.29 is 4.74 Å². The van der Waals surface area contributed by atoms with Crippen LogP contribution in [0, 0.1) is 6.92 Å². The van der Waals surface area contributed by atoms with Crippen molar-refractivity contribution in [3.05, 3.63) is 35.6 Å². The van der Waals surface area contributed by atoms with E-state index in [1.165, 1.54) is 0 Å². The van der Waals surface area contributed by atoms with Gasteiger partial charge in [0.25, 0.3) is 0 Å². The lowest BCUT2D eigenvalue weighted by molar-refractivity contribution is 0.296. The van der Waals surface area contributed by atoms with E-state index in [9.17, 15) is 0 Å². The standard InChI is InChI=1S/C12H15N3OS2.C2H6/c1-9-4-11(6-14-5-9)16-7-10(13)8-18-12-15-2-3-17-12;1-2/h2-6,10H,7-8,13H2,1H3;1-2H3. The topological polar surface area (TPSA) is 61.0 Å². The molecule has 1 atom stereocenters. The summed E-state index contributed by atoms with van der Waals surface area (Å²) in [5.74, 6) is 1.57. The first kappa shape index (κ1) is 16.9. The van der Waals surface area contributed by atoms with Gasteiger partial charge in [-0.2, -0.15) is 0 Å². The number of ether oxygens (including phenoxy) is 1. The smallest absolute Gasteiger partial charge is 0.149 e. The third-order valence-electron chi connectivity index (χ3n) is 2.14. The normalized spacial score (nSPS) is 11.4. The third kappa shape index (κ3) is 6.36. The van der Waals surface area contributed by atoms with Crippen LogP contribution in [0.4, 0.5) is 0 Å². The Kier molecular flexibility index (Phi) is 8.25. The molecule has 2 aromatic heterocycles. The predicted molar refractivity (Wildman–Crippen MR) is 86.6 cm³/mol. The first-order chi connectivity index (χ1) is 9.74. The monoisotopic (exact) mass is 311 g/mol. The molecule has 0 saturated heterocycles. The maximum atomic E-state index is 5.99. The van der Waals surface area contributed by atoms with Crippen molar-refractivity contribution in [3.8, 4) is 5.75 Å². The Labute approximate surface area is 128 Å². The lowest BCUT2D eigenvalue weighted by Gasteiger charge is -2.12. The summed E-state index contributed by atoms with van der Waals surface area (Å²) in [5.41, 5.74) is 7.07. The Morgan fingerprint density at radius 1 is 1.40 bits per heavy atom. The fraction of sp³-hybridized carbons (Fsp3) is 0.429. The quantitative estimate of drug-likeness (QED) is 0.829. The Balaban J connectivity index is 0.000000956. The predicted octanol–water partition coefficient (Wildman–Crippen LogP) is 3.37. The molecule has 0 saturated carbocycles. The summed E-state index contributed by atoms with van der Waals surface area (Å²) in [6.07, 6.45) is 5.30. The van der Waals surface area contributed by atoms with Gasteiger partial charge in [-0.15, -0.1) is 11.3 Å². The van der Waals surface area contributed by atoms with Crippen molar-refractivity contribution in [2.75, 3.05) is 12.4 Å². The Morgan fingerprint density at radius 2 is 2.20 bits per heavy atom. The van der Waals surface area contributed by atoms with E-state index in [2.05, 4.69) is 9.97 Å². The highest BCUT2D eigenvalue weighted by molar-refractivity contribution is 8.01. The molecule has 0 aromatic carbocycles. The fourth-order valence-electron chi connectivity index (χ4n) is 1.32. The first-order valence-electron chi connectivity index (χ1n) is 6.56. The molecule has 4 nitrogen and oxygen atoms in total. The van der Waals surface area contributed by atoms with Gasteiger partial charge in [-0.1, -0.05) is 25.6 Å². The molecule has 2 rings (SSSR count). The van der Waals surface area contributed by atoms with Crippen LogP contribution in [-0.4, -0.2) is 28.4 Å². The van der Waals surface area contributed by atoms with E-state index in [4.69, 9.17) is 10.5 Å². The van der Waals surface area contributed by atoms with Crippen LogP contribution in [0.25, 0.3) is 0 Å². The summed E-state index contributed by atoms with van der Waals surface area (Å²) < 4.78 is 6.64. The molecule has 2 aromatic rings. The minimum Gasteiger partial charge on any atom is -0.490 e. The van der Waals surface area contributed by atoms with Gasteiger partial charge in [0.05, 0.1) is 6.20 Å². The number of thiazole rings is 1. The van der Waals surface area contributed by atoms with Crippen molar-refractivity contribution in [1.29, 1.82) is 0 Å². The molecule has 110 valence electrons. The SMILES string of the molecule is CC.Cc1cncc(OCC(N)CSc2nccs2)c1. The highest BCUT2D eigenvalue weighted by Gasteiger charge is 2.06. The van der Waals surface area contributed by atoms with E-state index in [1.807, 2.05) is 32.2 Å². The molecule has 0 aliphatic rings. The van der Waals surface area contributed by atoms with E-state index in [1.54, 1.807) is 41.7 Å². The molecule has 0 radical (unpaired) electrons. The number of hydrogen-bond donors (Lipinski definition) is 1. The number of aromatic nitrogens is 2. The highest BCUT2D eigenvalue weighted by atomic mass is 32.2. The summed E-state index contributed by atoms with van der Waals surface area (Å²) >= 11 is 3.29. The van der Waals surface area contributed by atoms with Crippen LogP contribution in [0.15, 0.2) is 34.4 Å². The summed E-state index contributed by atoms with van der Waals surface area (Å²) in [4.78, 5) is 8.26. The first-order valence-corrected chi connectivity index (χ1v) is 8.43. The highest BCUT2D eigenvalue weighted by Crippen LogP contribution is 2.20. The van der Waals surface area contributed by atoms with Gasteiger partial charge in [-0.25, -0.2) is 4.98 Å². The number of pyridine rings is 1. The molecule has 0 aliphatic heterocycles.